The Balaban J connectivity index is 1.65. The molecule has 7 heteroatoms. The summed E-state index contributed by atoms with van der Waals surface area (Å²) < 4.78 is 27.5. The van der Waals surface area contributed by atoms with Crippen LogP contribution in [0.1, 0.15) is 19.3 Å². The van der Waals surface area contributed by atoms with Crippen molar-refractivity contribution in [3.63, 3.8) is 0 Å². The molecule has 2 N–H and O–H groups in total. The fraction of sp³-hybridized carbons (Fsp3) is 0.500. The van der Waals surface area contributed by atoms with Crippen LogP contribution in [0.25, 0.3) is 11.0 Å². The van der Waals surface area contributed by atoms with Crippen LogP contribution in [-0.2, 0) is 11.2 Å². The van der Waals surface area contributed by atoms with Gasteiger partial charge in [-0.05, 0) is 31.1 Å². The van der Waals surface area contributed by atoms with Gasteiger partial charge in [0, 0.05) is 18.9 Å². The summed E-state index contributed by atoms with van der Waals surface area (Å²) in [5.74, 6) is 0.557. The molecular weight excluding hydrogens is 302 g/mol. The molecule has 0 bridgehead atoms. The Morgan fingerprint density at radius 2 is 2.17 bits per heavy atom. The van der Waals surface area contributed by atoms with Gasteiger partial charge in [0.2, 0.25) is 5.91 Å². The van der Waals surface area contributed by atoms with E-state index in [1.807, 2.05) is 6.92 Å². The summed E-state index contributed by atoms with van der Waals surface area (Å²) >= 11 is 0. The van der Waals surface area contributed by atoms with Crippen molar-refractivity contribution in [2.45, 2.75) is 19.9 Å². The van der Waals surface area contributed by atoms with E-state index in [0.717, 1.165) is 17.7 Å². The fourth-order valence-corrected chi connectivity index (χ4v) is 2.83. The molecule has 0 spiro atoms. The normalized spacial score (nSPS) is 16.5. The number of carbonyl (C=O) groups is 1. The van der Waals surface area contributed by atoms with Crippen LogP contribution in [0.5, 0.6) is 0 Å². The smallest absolute Gasteiger partial charge is 0.320 e. The summed E-state index contributed by atoms with van der Waals surface area (Å²) in [6, 6.07) is 6.82. The number of carbonyl (C=O) groups excluding carboxylic acids is 1. The third-order valence-corrected chi connectivity index (χ3v) is 4.45. The average Bonchev–Trinajstić information content (AvgIpc) is 2.83. The number of amides is 1. The van der Waals surface area contributed by atoms with Gasteiger partial charge in [-0.2, -0.15) is 8.78 Å². The second kappa shape index (κ2) is 6.62. The predicted octanol–water partition coefficient (Wildman–Crippen LogP) is 1.95. The lowest BCUT2D eigenvalue weighted by atomic mass is 9.88. The highest BCUT2D eigenvalue weighted by Crippen LogP contribution is 2.23. The van der Waals surface area contributed by atoms with E-state index in [-0.39, 0.29) is 18.2 Å². The van der Waals surface area contributed by atoms with Crippen LogP contribution in [0.2, 0.25) is 0 Å². The van der Waals surface area contributed by atoms with Crippen molar-refractivity contribution in [3.8, 4) is 0 Å². The second-order valence-corrected chi connectivity index (χ2v) is 5.91. The SMILES string of the molecule is CC(C(=O)NCCc1nc2ccccc2n1C(F)F)C1CNC1. The lowest BCUT2D eigenvalue weighted by Gasteiger charge is -2.31. The molecule has 0 saturated carbocycles. The van der Waals surface area contributed by atoms with E-state index < -0.39 is 6.55 Å². The minimum Gasteiger partial charge on any atom is -0.355 e. The summed E-state index contributed by atoms with van der Waals surface area (Å²) in [4.78, 5) is 16.3. The topological polar surface area (TPSA) is 59.0 Å². The van der Waals surface area contributed by atoms with Gasteiger partial charge in [-0.15, -0.1) is 0 Å². The molecule has 1 aromatic heterocycles. The van der Waals surface area contributed by atoms with Crippen molar-refractivity contribution in [2.24, 2.45) is 11.8 Å². The molecule has 1 aromatic carbocycles. The molecule has 1 aliphatic heterocycles. The molecule has 1 unspecified atom stereocenters. The van der Waals surface area contributed by atoms with Crippen LogP contribution in [0.3, 0.4) is 0 Å². The number of hydrogen-bond acceptors (Lipinski definition) is 3. The van der Waals surface area contributed by atoms with E-state index in [1.165, 1.54) is 0 Å². The molecule has 3 rings (SSSR count). The maximum atomic E-state index is 13.3. The molecular formula is C16H20F2N4O. The molecule has 5 nitrogen and oxygen atoms in total. The largest absolute Gasteiger partial charge is 0.355 e. The van der Waals surface area contributed by atoms with Crippen LogP contribution in [0.4, 0.5) is 8.78 Å². The molecule has 1 amide bonds. The van der Waals surface area contributed by atoms with Crippen molar-refractivity contribution in [1.29, 1.82) is 0 Å². The molecule has 0 radical (unpaired) electrons. The first-order valence-corrected chi connectivity index (χ1v) is 7.80. The van der Waals surface area contributed by atoms with Gasteiger partial charge in [0.15, 0.2) is 0 Å². The molecule has 2 heterocycles. The van der Waals surface area contributed by atoms with Gasteiger partial charge >= 0.3 is 6.55 Å². The van der Waals surface area contributed by atoms with E-state index >= 15 is 0 Å². The Morgan fingerprint density at radius 3 is 2.83 bits per heavy atom. The maximum Gasteiger partial charge on any atom is 0.320 e. The average molecular weight is 322 g/mol. The second-order valence-electron chi connectivity index (χ2n) is 5.91. The zero-order chi connectivity index (χ0) is 16.4. The minimum atomic E-state index is -2.65. The van der Waals surface area contributed by atoms with Crippen molar-refractivity contribution in [3.05, 3.63) is 30.1 Å². The molecule has 1 aliphatic rings. The monoisotopic (exact) mass is 322 g/mol. The summed E-state index contributed by atoms with van der Waals surface area (Å²) in [6.07, 6.45) is 0.278. The van der Waals surface area contributed by atoms with E-state index in [4.69, 9.17) is 0 Å². The number of hydrogen-bond donors (Lipinski definition) is 2. The summed E-state index contributed by atoms with van der Waals surface area (Å²) in [5, 5.41) is 5.96. The standard InChI is InChI=1S/C16H20F2N4O/c1-10(11-8-19-9-11)15(23)20-7-6-14-21-12-4-2-3-5-13(12)22(14)16(17)18/h2-5,10-11,16,19H,6-9H2,1H3,(H,20,23). The predicted molar refractivity (Wildman–Crippen MR) is 83.2 cm³/mol. The highest BCUT2D eigenvalue weighted by Gasteiger charge is 2.28. The maximum absolute atomic E-state index is 13.3. The summed E-state index contributed by atoms with van der Waals surface area (Å²) in [6.45, 7) is 1.27. The molecule has 23 heavy (non-hydrogen) atoms. The first-order valence-electron chi connectivity index (χ1n) is 7.80. The number of aromatic nitrogens is 2. The highest BCUT2D eigenvalue weighted by atomic mass is 19.3. The quantitative estimate of drug-likeness (QED) is 0.854. The molecule has 1 fully saturated rings. The van der Waals surface area contributed by atoms with Gasteiger partial charge in [-0.1, -0.05) is 19.1 Å². The van der Waals surface area contributed by atoms with E-state index in [1.54, 1.807) is 24.3 Å². The lowest BCUT2D eigenvalue weighted by molar-refractivity contribution is -0.126. The number of nitrogens with one attached hydrogen (secondary N) is 2. The van der Waals surface area contributed by atoms with Crippen molar-refractivity contribution < 1.29 is 13.6 Å². The number of benzene rings is 1. The van der Waals surface area contributed by atoms with Gasteiger partial charge in [-0.3, -0.25) is 9.36 Å². The molecule has 0 aliphatic carbocycles. The molecule has 124 valence electrons. The first-order chi connectivity index (χ1) is 11.1. The fourth-order valence-electron chi connectivity index (χ4n) is 2.83. The van der Waals surface area contributed by atoms with Crippen molar-refractivity contribution in [2.75, 3.05) is 19.6 Å². The highest BCUT2D eigenvalue weighted by molar-refractivity contribution is 5.79. The lowest BCUT2D eigenvalue weighted by Crippen LogP contribution is -2.49. The zero-order valence-corrected chi connectivity index (χ0v) is 12.9. The Labute approximate surface area is 133 Å². The molecule has 1 atom stereocenters. The van der Waals surface area contributed by atoms with Crippen LogP contribution in [0, 0.1) is 11.8 Å². The zero-order valence-electron chi connectivity index (χ0n) is 12.9. The van der Waals surface area contributed by atoms with Crippen LogP contribution >= 0.6 is 0 Å². The van der Waals surface area contributed by atoms with E-state index in [2.05, 4.69) is 15.6 Å². The summed E-state index contributed by atoms with van der Waals surface area (Å²) in [7, 11) is 0. The number of imidazole rings is 1. The number of fused-ring (bicyclic) bond motifs is 1. The van der Waals surface area contributed by atoms with Gasteiger partial charge in [0.1, 0.15) is 5.82 Å². The van der Waals surface area contributed by atoms with Gasteiger partial charge in [0.25, 0.3) is 0 Å². The molecule has 1 saturated heterocycles. The van der Waals surface area contributed by atoms with E-state index in [9.17, 15) is 13.6 Å². The number of halogens is 2. The first kappa shape index (κ1) is 15.9. The third kappa shape index (κ3) is 3.19. The third-order valence-electron chi connectivity index (χ3n) is 4.45. The number of alkyl halides is 2. The molecule has 2 aromatic rings. The summed E-state index contributed by atoms with van der Waals surface area (Å²) in [5.41, 5.74) is 0.959. The van der Waals surface area contributed by atoms with Crippen LogP contribution < -0.4 is 10.6 Å². The number of para-hydroxylation sites is 2. The van der Waals surface area contributed by atoms with Crippen molar-refractivity contribution >= 4 is 16.9 Å². The Bertz CT molecular complexity index is 696. The van der Waals surface area contributed by atoms with Gasteiger partial charge < -0.3 is 10.6 Å². The van der Waals surface area contributed by atoms with Crippen LogP contribution in [-0.4, -0.2) is 35.1 Å². The van der Waals surface area contributed by atoms with E-state index in [0.29, 0.717) is 29.3 Å². The van der Waals surface area contributed by atoms with Crippen LogP contribution in [0.15, 0.2) is 24.3 Å². The van der Waals surface area contributed by atoms with Gasteiger partial charge in [0.05, 0.1) is 11.0 Å². The Kier molecular flexibility index (Phi) is 4.56. The van der Waals surface area contributed by atoms with Gasteiger partial charge in [-0.25, -0.2) is 4.98 Å². The number of nitrogens with zero attached hydrogens (tertiary/aromatic N) is 2. The number of rotatable bonds is 6. The Morgan fingerprint density at radius 1 is 1.43 bits per heavy atom. The minimum absolute atomic E-state index is 0.0313. The Hall–Kier alpha value is -2.02. The van der Waals surface area contributed by atoms with Crippen molar-refractivity contribution in [1.82, 2.24) is 20.2 Å².